The van der Waals surface area contributed by atoms with Crippen LogP contribution in [0, 0.1) is 0 Å². The first kappa shape index (κ1) is 18.3. The maximum absolute atomic E-state index is 11.9. The molecule has 0 spiro atoms. The summed E-state index contributed by atoms with van der Waals surface area (Å²) in [5.74, 6) is -2.24. The number of phenols is 1. The van der Waals surface area contributed by atoms with E-state index in [1.54, 1.807) is 12.1 Å². The van der Waals surface area contributed by atoms with Gasteiger partial charge in [0, 0.05) is 10.6 Å². The fraction of sp³-hybridized carbons (Fsp3) is 0.118. The summed E-state index contributed by atoms with van der Waals surface area (Å²) in [5.41, 5.74) is 0.846. The summed E-state index contributed by atoms with van der Waals surface area (Å²) in [4.78, 5) is 34.5. The average Bonchev–Trinajstić information content (AvgIpc) is 2.56. The number of hydrogen-bond donors (Lipinski definition) is 4. The van der Waals surface area contributed by atoms with Crippen LogP contribution in [0.5, 0.6) is 5.75 Å². The summed E-state index contributed by atoms with van der Waals surface area (Å²) < 4.78 is 0. The van der Waals surface area contributed by atoms with Crippen LogP contribution in [0.4, 0.5) is 5.69 Å². The fourth-order valence-electron chi connectivity index (χ4n) is 2.03. The number of anilines is 1. The molecule has 2 rings (SSSR count). The summed E-state index contributed by atoms with van der Waals surface area (Å²) in [7, 11) is 0. The van der Waals surface area contributed by atoms with E-state index >= 15 is 0 Å². The Hall–Kier alpha value is -3.06. The Balaban J connectivity index is 1.94. The Morgan fingerprint density at radius 3 is 2.36 bits per heavy atom. The Labute approximate surface area is 148 Å². The number of carbonyl (C=O) groups is 3. The van der Waals surface area contributed by atoms with Gasteiger partial charge < -0.3 is 20.8 Å². The third-order valence-corrected chi connectivity index (χ3v) is 3.46. The first-order valence-electron chi connectivity index (χ1n) is 7.22. The lowest BCUT2D eigenvalue weighted by Crippen LogP contribution is -2.32. The van der Waals surface area contributed by atoms with Gasteiger partial charge in [0.05, 0.1) is 18.7 Å². The Morgan fingerprint density at radius 2 is 1.72 bits per heavy atom. The van der Waals surface area contributed by atoms with Gasteiger partial charge in [-0.05, 0) is 42.0 Å². The lowest BCUT2D eigenvalue weighted by molar-refractivity contribution is -0.136. The highest BCUT2D eigenvalue weighted by Gasteiger charge is 2.11. The van der Waals surface area contributed by atoms with Crippen molar-refractivity contribution in [3.05, 3.63) is 58.6 Å². The zero-order valence-electron chi connectivity index (χ0n) is 13.0. The second kappa shape index (κ2) is 8.16. The van der Waals surface area contributed by atoms with Crippen molar-refractivity contribution in [1.29, 1.82) is 0 Å². The molecular weight excluding hydrogens is 348 g/mol. The van der Waals surface area contributed by atoms with Crippen molar-refractivity contribution < 1.29 is 24.6 Å². The van der Waals surface area contributed by atoms with E-state index < -0.39 is 17.8 Å². The van der Waals surface area contributed by atoms with Crippen molar-refractivity contribution in [3.8, 4) is 5.75 Å². The quantitative estimate of drug-likeness (QED) is 0.587. The van der Waals surface area contributed by atoms with E-state index in [-0.39, 0.29) is 24.4 Å². The van der Waals surface area contributed by atoms with E-state index in [0.717, 1.165) is 0 Å². The number of halogens is 1. The number of aliphatic carboxylic acids is 1. The molecule has 0 aliphatic carbocycles. The van der Waals surface area contributed by atoms with Crippen LogP contribution in [-0.2, 0) is 16.0 Å². The molecule has 130 valence electrons. The molecule has 0 saturated carbocycles. The van der Waals surface area contributed by atoms with E-state index in [2.05, 4.69) is 10.6 Å². The minimum absolute atomic E-state index is 0.0736. The summed E-state index contributed by atoms with van der Waals surface area (Å²) >= 11 is 5.74. The molecule has 0 radical (unpaired) electrons. The van der Waals surface area contributed by atoms with E-state index in [0.29, 0.717) is 16.1 Å². The number of rotatable bonds is 6. The van der Waals surface area contributed by atoms with Crippen molar-refractivity contribution in [1.82, 2.24) is 5.32 Å². The third-order valence-electron chi connectivity index (χ3n) is 3.21. The highest BCUT2D eigenvalue weighted by Crippen LogP contribution is 2.24. The Morgan fingerprint density at radius 1 is 1.04 bits per heavy atom. The molecule has 0 atom stereocenters. The van der Waals surface area contributed by atoms with Gasteiger partial charge in [-0.2, -0.15) is 0 Å². The molecular formula is C17H15ClN2O5. The van der Waals surface area contributed by atoms with E-state index in [1.165, 1.54) is 30.3 Å². The standard InChI is InChI=1S/C17H15ClN2O5/c18-12-4-2-11(3-5-12)17(25)19-9-15(22)20-13-7-10(8-16(23)24)1-6-14(13)21/h1-7,21H,8-9H2,(H,19,25)(H,20,22)(H,23,24). The predicted molar refractivity (Wildman–Crippen MR) is 91.9 cm³/mol. The van der Waals surface area contributed by atoms with Crippen molar-refractivity contribution in [3.63, 3.8) is 0 Å². The molecule has 0 bridgehead atoms. The molecule has 0 aliphatic rings. The van der Waals surface area contributed by atoms with Crippen molar-refractivity contribution in [2.45, 2.75) is 6.42 Å². The van der Waals surface area contributed by atoms with Gasteiger partial charge in [-0.3, -0.25) is 14.4 Å². The predicted octanol–water partition coefficient (Wildman–Crippen LogP) is 2.04. The van der Waals surface area contributed by atoms with Crippen LogP contribution in [0.3, 0.4) is 0 Å². The van der Waals surface area contributed by atoms with Crippen LogP contribution in [-0.4, -0.2) is 34.5 Å². The van der Waals surface area contributed by atoms with Gasteiger partial charge in [0.1, 0.15) is 5.75 Å². The summed E-state index contributed by atoms with van der Waals surface area (Å²) in [6, 6.07) is 10.3. The van der Waals surface area contributed by atoms with Gasteiger partial charge in [-0.25, -0.2) is 0 Å². The summed E-state index contributed by atoms with van der Waals surface area (Å²) in [5, 5.41) is 23.9. The van der Waals surface area contributed by atoms with Crippen LogP contribution in [0.15, 0.2) is 42.5 Å². The number of carboxylic acids is 1. The number of hydrogen-bond acceptors (Lipinski definition) is 4. The zero-order chi connectivity index (χ0) is 18.4. The summed E-state index contributed by atoms with van der Waals surface area (Å²) in [6.45, 7) is -0.315. The van der Waals surface area contributed by atoms with Crippen LogP contribution >= 0.6 is 11.6 Å². The molecule has 0 heterocycles. The van der Waals surface area contributed by atoms with E-state index in [4.69, 9.17) is 16.7 Å². The number of benzene rings is 2. The minimum atomic E-state index is -1.03. The molecule has 0 unspecified atom stereocenters. The number of phenolic OH excluding ortho intramolecular Hbond substituents is 1. The normalized spacial score (nSPS) is 10.1. The molecule has 0 aromatic heterocycles. The van der Waals surface area contributed by atoms with Gasteiger partial charge in [-0.15, -0.1) is 0 Å². The maximum Gasteiger partial charge on any atom is 0.307 e. The number of nitrogens with one attached hydrogen (secondary N) is 2. The van der Waals surface area contributed by atoms with Crippen LogP contribution in [0.25, 0.3) is 0 Å². The molecule has 2 aromatic carbocycles. The summed E-state index contributed by atoms with van der Waals surface area (Å²) in [6.07, 6.45) is -0.240. The topological polar surface area (TPSA) is 116 Å². The Bertz CT molecular complexity index is 805. The molecule has 25 heavy (non-hydrogen) atoms. The smallest absolute Gasteiger partial charge is 0.307 e. The monoisotopic (exact) mass is 362 g/mol. The largest absolute Gasteiger partial charge is 0.506 e. The fourth-order valence-corrected chi connectivity index (χ4v) is 2.15. The van der Waals surface area contributed by atoms with Crippen molar-refractivity contribution in [2.75, 3.05) is 11.9 Å². The van der Waals surface area contributed by atoms with Gasteiger partial charge in [0.15, 0.2) is 0 Å². The Kier molecular flexibility index (Phi) is 5.97. The van der Waals surface area contributed by atoms with E-state index in [1.807, 2.05) is 0 Å². The zero-order valence-corrected chi connectivity index (χ0v) is 13.7. The molecule has 0 aliphatic heterocycles. The molecule has 0 saturated heterocycles. The first-order chi connectivity index (χ1) is 11.8. The molecule has 2 aromatic rings. The average molecular weight is 363 g/mol. The number of aromatic hydroxyl groups is 1. The number of amides is 2. The van der Waals surface area contributed by atoms with Crippen molar-refractivity contribution in [2.24, 2.45) is 0 Å². The second-order valence-corrected chi connectivity index (χ2v) is 5.60. The van der Waals surface area contributed by atoms with E-state index in [9.17, 15) is 19.5 Å². The van der Waals surface area contributed by atoms with Gasteiger partial charge in [-0.1, -0.05) is 17.7 Å². The van der Waals surface area contributed by atoms with Crippen LogP contribution < -0.4 is 10.6 Å². The first-order valence-corrected chi connectivity index (χ1v) is 7.60. The van der Waals surface area contributed by atoms with Gasteiger partial charge in [0.2, 0.25) is 5.91 Å². The van der Waals surface area contributed by atoms with Crippen LogP contribution in [0.1, 0.15) is 15.9 Å². The number of carboxylic acid groups (broad SMARTS) is 1. The molecule has 7 nitrogen and oxygen atoms in total. The van der Waals surface area contributed by atoms with Crippen molar-refractivity contribution >= 4 is 35.1 Å². The molecule has 8 heteroatoms. The highest BCUT2D eigenvalue weighted by molar-refractivity contribution is 6.30. The van der Waals surface area contributed by atoms with Gasteiger partial charge >= 0.3 is 5.97 Å². The molecule has 0 fully saturated rings. The third kappa shape index (κ3) is 5.50. The highest BCUT2D eigenvalue weighted by atomic mass is 35.5. The van der Waals surface area contributed by atoms with Crippen LogP contribution in [0.2, 0.25) is 5.02 Å². The number of carbonyl (C=O) groups excluding carboxylic acids is 2. The second-order valence-electron chi connectivity index (χ2n) is 5.16. The lowest BCUT2D eigenvalue weighted by atomic mass is 10.1. The molecule has 4 N–H and O–H groups in total. The maximum atomic E-state index is 11.9. The minimum Gasteiger partial charge on any atom is -0.506 e. The lowest BCUT2D eigenvalue weighted by Gasteiger charge is -2.10. The molecule has 2 amide bonds. The SMILES string of the molecule is O=C(O)Cc1ccc(O)c(NC(=O)CNC(=O)c2ccc(Cl)cc2)c1. The van der Waals surface area contributed by atoms with Gasteiger partial charge in [0.25, 0.3) is 5.91 Å².